The molecule has 2 unspecified atom stereocenters. The maximum atomic E-state index is 13.3. The second kappa shape index (κ2) is 9.07. The van der Waals surface area contributed by atoms with Gasteiger partial charge >= 0.3 is 11.9 Å². The highest BCUT2D eigenvalue weighted by atomic mass is 32.2. The van der Waals surface area contributed by atoms with Gasteiger partial charge in [0, 0.05) is 16.2 Å². The number of hydrogen-bond acceptors (Lipinski definition) is 7. The van der Waals surface area contributed by atoms with E-state index in [2.05, 4.69) is 6.92 Å². The minimum Gasteiger partial charge on any atom is -0.478 e. The van der Waals surface area contributed by atoms with E-state index in [1.807, 2.05) is 0 Å². The van der Waals surface area contributed by atoms with Crippen LogP contribution in [0.25, 0.3) is 0 Å². The molecular formula is C23H23NO6S2. The van der Waals surface area contributed by atoms with Gasteiger partial charge in [-0.05, 0) is 49.8 Å². The van der Waals surface area contributed by atoms with Gasteiger partial charge in [-0.25, -0.2) is 14.5 Å². The lowest BCUT2D eigenvalue weighted by atomic mass is 9.88. The number of aromatic carboxylic acids is 1. The molecule has 2 aliphatic rings. The Kier molecular flexibility index (Phi) is 6.39. The molecule has 2 heterocycles. The minimum atomic E-state index is -1.09. The van der Waals surface area contributed by atoms with Gasteiger partial charge < -0.3 is 9.84 Å². The summed E-state index contributed by atoms with van der Waals surface area (Å²) in [6.45, 7) is 4.06. The van der Waals surface area contributed by atoms with Crippen molar-refractivity contribution in [3.63, 3.8) is 0 Å². The number of benzene rings is 1. The first kappa shape index (κ1) is 22.5. The lowest BCUT2D eigenvalue weighted by Crippen LogP contribution is -2.32. The normalized spacial score (nSPS) is 20.4. The van der Waals surface area contributed by atoms with Gasteiger partial charge in [-0.3, -0.25) is 9.59 Å². The van der Waals surface area contributed by atoms with E-state index in [-0.39, 0.29) is 18.6 Å². The van der Waals surface area contributed by atoms with Crippen LogP contribution in [0.1, 0.15) is 57.8 Å². The molecule has 168 valence electrons. The summed E-state index contributed by atoms with van der Waals surface area (Å²) < 4.78 is 5.26. The maximum Gasteiger partial charge on any atom is 0.341 e. The topological polar surface area (TPSA) is 101 Å². The van der Waals surface area contributed by atoms with Crippen molar-refractivity contribution in [1.29, 1.82) is 0 Å². The number of imide groups is 1. The first-order valence-corrected chi connectivity index (χ1v) is 12.2. The summed E-state index contributed by atoms with van der Waals surface area (Å²) in [5.41, 5.74) is 1.30. The van der Waals surface area contributed by atoms with Gasteiger partial charge in [-0.15, -0.1) is 23.1 Å². The zero-order chi connectivity index (χ0) is 23.0. The zero-order valence-electron chi connectivity index (χ0n) is 17.8. The van der Waals surface area contributed by atoms with Crippen LogP contribution in [-0.2, 0) is 27.2 Å². The summed E-state index contributed by atoms with van der Waals surface area (Å²) in [4.78, 5) is 53.1. The van der Waals surface area contributed by atoms with E-state index in [1.165, 1.54) is 17.4 Å². The second-order valence-electron chi connectivity index (χ2n) is 7.93. The second-order valence-corrected chi connectivity index (χ2v) is 10.3. The van der Waals surface area contributed by atoms with E-state index < -0.39 is 29.0 Å². The molecule has 4 rings (SSSR count). The lowest BCUT2D eigenvalue weighted by molar-refractivity contribution is -0.121. The van der Waals surface area contributed by atoms with E-state index >= 15 is 0 Å². The zero-order valence-corrected chi connectivity index (χ0v) is 19.4. The Morgan fingerprint density at radius 1 is 1.25 bits per heavy atom. The maximum absolute atomic E-state index is 13.3. The number of ether oxygens (including phenoxy) is 1. The van der Waals surface area contributed by atoms with Crippen molar-refractivity contribution in [2.45, 2.75) is 49.7 Å². The predicted octanol–water partition coefficient (Wildman–Crippen LogP) is 4.17. The van der Waals surface area contributed by atoms with E-state index in [0.717, 1.165) is 39.9 Å². The third kappa shape index (κ3) is 4.06. The first-order chi connectivity index (χ1) is 15.3. The van der Waals surface area contributed by atoms with Crippen molar-refractivity contribution < 1.29 is 29.0 Å². The predicted molar refractivity (Wildman–Crippen MR) is 122 cm³/mol. The Morgan fingerprint density at radius 2 is 2.00 bits per heavy atom. The number of carbonyl (C=O) groups excluding carboxylic acids is 3. The largest absolute Gasteiger partial charge is 0.478 e. The number of amides is 2. The van der Waals surface area contributed by atoms with E-state index in [4.69, 9.17) is 4.74 Å². The van der Waals surface area contributed by atoms with Crippen LogP contribution in [-0.4, -0.2) is 40.7 Å². The highest BCUT2D eigenvalue weighted by Gasteiger charge is 2.44. The Balaban J connectivity index is 1.69. The van der Waals surface area contributed by atoms with Gasteiger partial charge in [0.15, 0.2) is 0 Å². The standard InChI is InChI=1S/C23H23NO6S2/c1-3-30-23(29)19-13-9-8-12(2)10-16(13)32-21(19)24-18(25)11-17(20(24)26)31-15-7-5-4-6-14(15)22(27)28/h4-7,12,17H,3,8-11H2,1-2H3,(H,27,28). The number of thioether (sulfide) groups is 1. The van der Waals surface area contributed by atoms with Crippen molar-refractivity contribution in [2.24, 2.45) is 5.92 Å². The van der Waals surface area contributed by atoms with Crippen LogP contribution in [0, 0.1) is 5.92 Å². The fraction of sp³-hybridized carbons (Fsp3) is 0.391. The molecule has 7 nitrogen and oxygen atoms in total. The average molecular weight is 474 g/mol. The van der Waals surface area contributed by atoms with Crippen molar-refractivity contribution in [1.82, 2.24) is 0 Å². The van der Waals surface area contributed by atoms with E-state index in [9.17, 15) is 24.3 Å². The SMILES string of the molecule is CCOC(=O)c1c(N2C(=O)CC(Sc3ccccc3C(=O)O)C2=O)sc2c1CCC(C)C2. The molecule has 0 radical (unpaired) electrons. The average Bonchev–Trinajstić information content (AvgIpc) is 3.24. The highest BCUT2D eigenvalue weighted by Crippen LogP contribution is 2.45. The molecule has 0 bridgehead atoms. The number of anilines is 1. The first-order valence-electron chi connectivity index (χ1n) is 10.5. The van der Waals surface area contributed by atoms with Crippen molar-refractivity contribution in [2.75, 3.05) is 11.5 Å². The van der Waals surface area contributed by atoms with Crippen LogP contribution in [0.2, 0.25) is 0 Å². The van der Waals surface area contributed by atoms with Gasteiger partial charge in [-0.1, -0.05) is 19.1 Å². The number of hydrogen-bond donors (Lipinski definition) is 1. The number of carbonyl (C=O) groups is 4. The number of carboxylic acid groups (broad SMARTS) is 1. The Labute approximate surface area is 193 Å². The Morgan fingerprint density at radius 3 is 2.72 bits per heavy atom. The van der Waals surface area contributed by atoms with Gasteiger partial charge in [0.05, 0.1) is 23.0 Å². The molecule has 1 N–H and O–H groups in total. The summed E-state index contributed by atoms with van der Waals surface area (Å²) in [5, 5.41) is 9.01. The molecule has 0 saturated carbocycles. The fourth-order valence-corrected chi connectivity index (χ4v) is 6.81. The van der Waals surface area contributed by atoms with Crippen LogP contribution in [0.15, 0.2) is 29.2 Å². The van der Waals surface area contributed by atoms with Crippen molar-refractivity contribution >= 4 is 51.9 Å². The molecule has 9 heteroatoms. The molecular weight excluding hydrogens is 450 g/mol. The van der Waals surface area contributed by atoms with Gasteiger partial charge in [0.25, 0.3) is 0 Å². The summed E-state index contributed by atoms with van der Waals surface area (Å²) in [7, 11) is 0. The quantitative estimate of drug-likeness (QED) is 0.496. The molecule has 1 aliphatic carbocycles. The van der Waals surface area contributed by atoms with Crippen molar-refractivity contribution in [3.8, 4) is 0 Å². The lowest BCUT2D eigenvalue weighted by Gasteiger charge is -2.18. The van der Waals surface area contributed by atoms with Gasteiger partial charge in [0.1, 0.15) is 5.00 Å². The molecule has 1 aliphatic heterocycles. The van der Waals surface area contributed by atoms with Gasteiger partial charge in [-0.2, -0.15) is 0 Å². The molecule has 2 amide bonds. The monoisotopic (exact) mass is 473 g/mol. The van der Waals surface area contributed by atoms with E-state index in [0.29, 0.717) is 27.8 Å². The molecule has 2 aromatic rings. The molecule has 1 saturated heterocycles. The third-order valence-electron chi connectivity index (χ3n) is 5.67. The summed E-state index contributed by atoms with van der Waals surface area (Å²) >= 11 is 2.39. The number of carboxylic acids is 1. The minimum absolute atomic E-state index is 0.0569. The smallest absolute Gasteiger partial charge is 0.341 e. The van der Waals surface area contributed by atoms with Crippen LogP contribution >= 0.6 is 23.1 Å². The van der Waals surface area contributed by atoms with Crippen molar-refractivity contribution in [3.05, 3.63) is 45.8 Å². The Hall–Kier alpha value is -2.65. The fourth-order valence-electron chi connectivity index (χ4n) is 4.12. The van der Waals surface area contributed by atoms with Crippen LogP contribution < -0.4 is 4.90 Å². The van der Waals surface area contributed by atoms with E-state index in [1.54, 1.807) is 25.1 Å². The summed E-state index contributed by atoms with van der Waals surface area (Å²) in [6, 6.07) is 6.41. The Bertz CT molecular complexity index is 1110. The molecule has 1 fully saturated rings. The number of fused-ring (bicyclic) bond motifs is 1. The van der Waals surface area contributed by atoms with Crippen LogP contribution in [0.4, 0.5) is 5.00 Å². The molecule has 1 aromatic heterocycles. The molecule has 0 spiro atoms. The van der Waals surface area contributed by atoms with Crippen LogP contribution in [0.3, 0.4) is 0 Å². The highest BCUT2D eigenvalue weighted by molar-refractivity contribution is 8.00. The molecule has 32 heavy (non-hydrogen) atoms. The molecule has 1 aromatic carbocycles. The number of rotatable bonds is 6. The van der Waals surface area contributed by atoms with Crippen LogP contribution in [0.5, 0.6) is 0 Å². The number of esters is 1. The summed E-state index contributed by atoms with van der Waals surface area (Å²) in [5.74, 6) is -1.96. The number of thiophene rings is 1. The van der Waals surface area contributed by atoms with Gasteiger partial charge in [0.2, 0.25) is 11.8 Å². The number of nitrogens with zero attached hydrogens (tertiary/aromatic N) is 1. The molecule has 2 atom stereocenters. The summed E-state index contributed by atoms with van der Waals surface area (Å²) in [6.07, 6.45) is 2.38. The third-order valence-corrected chi connectivity index (χ3v) is 8.17.